The first-order valence-electron chi connectivity index (χ1n) is 13.6. The molecule has 1 aliphatic heterocycles. The van der Waals surface area contributed by atoms with Gasteiger partial charge < -0.3 is 38.5 Å². The number of pyridine rings is 1. The molecule has 2 aromatic rings. The van der Waals surface area contributed by atoms with E-state index in [0.717, 1.165) is 24.3 Å². The van der Waals surface area contributed by atoms with Gasteiger partial charge in [0.05, 0.1) is 25.9 Å². The SMILES string of the molecule is COc1ccnc(C(=O)N[C@H]2COC[C@H](OCC(C)C)[C@@H](Oc3ccc(C(F)(F)F)cc3)[C@H](C)OC2=O)c1OCOC(C)=O. The predicted molar refractivity (Wildman–Crippen MR) is 146 cm³/mol. The molecule has 1 aliphatic rings. The van der Waals surface area contributed by atoms with E-state index >= 15 is 0 Å². The highest BCUT2D eigenvalue weighted by atomic mass is 19.4. The smallest absolute Gasteiger partial charge is 0.416 e. The fourth-order valence-electron chi connectivity index (χ4n) is 4.00. The van der Waals surface area contributed by atoms with Crippen molar-refractivity contribution in [3.8, 4) is 17.2 Å². The zero-order valence-electron chi connectivity index (χ0n) is 24.8. The lowest BCUT2D eigenvalue weighted by molar-refractivity contribution is -0.159. The van der Waals surface area contributed by atoms with E-state index in [1.807, 2.05) is 13.8 Å². The standard InChI is InChI=1S/C29H35F3N2O10/c1-16(2)12-40-23-14-39-13-21(34-27(36)24-26(42-15-41-18(4)35)22(38-5)10-11-33-24)28(37)43-17(3)25(23)44-20-8-6-19(7-9-20)29(30,31)32/h6-11,16-17,21,23,25H,12-15H2,1-5H3,(H,34,36)/t17-,21-,23-,25-/m0/s1. The lowest BCUT2D eigenvalue weighted by atomic mass is 10.1. The number of benzene rings is 1. The van der Waals surface area contributed by atoms with E-state index in [0.29, 0.717) is 6.61 Å². The van der Waals surface area contributed by atoms with Crippen LogP contribution in [0.5, 0.6) is 17.2 Å². The summed E-state index contributed by atoms with van der Waals surface area (Å²) in [6, 6.07) is 4.20. The Hall–Kier alpha value is -4.11. The summed E-state index contributed by atoms with van der Waals surface area (Å²) in [4.78, 5) is 41.6. The monoisotopic (exact) mass is 628 g/mol. The van der Waals surface area contributed by atoms with Gasteiger partial charge in [0.15, 0.2) is 29.3 Å². The lowest BCUT2D eigenvalue weighted by Crippen LogP contribution is -2.48. The molecule has 15 heteroatoms. The topological polar surface area (TPSA) is 141 Å². The molecular weight excluding hydrogens is 593 g/mol. The van der Waals surface area contributed by atoms with E-state index in [-0.39, 0.29) is 42.1 Å². The molecule has 44 heavy (non-hydrogen) atoms. The van der Waals surface area contributed by atoms with Gasteiger partial charge in [-0.1, -0.05) is 13.8 Å². The number of methoxy groups -OCH3 is 1. The van der Waals surface area contributed by atoms with E-state index in [9.17, 15) is 27.6 Å². The number of aromatic nitrogens is 1. The second kappa shape index (κ2) is 15.6. The van der Waals surface area contributed by atoms with Crippen molar-refractivity contribution in [3.05, 3.63) is 47.8 Å². The van der Waals surface area contributed by atoms with Gasteiger partial charge in [-0.3, -0.25) is 9.59 Å². The summed E-state index contributed by atoms with van der Waals surface area (Å²) in [6.45, 7) is 5.91. The minimum absolute atomic E-state index is 0.0959. The number of hydrogen-bond acceptors (Lipinski definition) is 11. The van der Waals surface area contributed by atoms with Gasteiger partial charge in [-0.25, -0.2) is 9.78 Å². The number of carbonyl (C=O) groups excluding carboxylic acids is 3. The largest absolute Gasteiger partial charge is 0.493 e. The molecule has 0 unspecified atom stereocenters. The number of carbonyl (C=O) groups is 3. The first-order chi connectivity index (χ1) is 20.8. The van der Waals surface area contributed by atoms with E-state index in [2.05, 4.69) is 10.3 Å². The van der Waals surface area contributed by atoms with Crippen LogP contribution in [-0.2, 0) is 34.7 Å². The Labute approximate surface area is 252 Å². The molecule has 2 heterocycles. The second-order valence-electron chi connectivity index (χ2n) is 10.2. The van der Waals surface area contributed by atoms with Crippen LogP contribution in [-0.4, -0.2) is 80.9 Å². The maximum absolute atomic E-state index is 13.2. The number of alkyl halides is 3. The van der Waals surface area contributed by atoms with Crippen molar-refractivity contribution in [2.75, 3.05) is 33.7 Å². The molecule has 3 rings (SSSR count). The summed E-state index contributed by atoms with van der Waals surface area (Å²) in [6.07, 6.45) is -6.00. The van der Waals surface area contributed by atoms with Crippen LogP contribution in [0, 0.1) is 5.92 Å². The number of cyclic esters (lactones) is 1. The zero-order chi connectivity index (χ0) is 32.4. The number of esters is 2. The highest BCUT2D eigenvalue weighted by molar-refractivity contribution is 5.98. The van der Waals surface area contributed by atoms with Gasteiger partial charge in [0.25, 0.3) is 5.91 Å². The molecule has 1 amide bonds. The molecule has 1 aromatic carbocycles. The molecule has 1 N–H and O–H groups in total. The molecule has 0 aliphatic carbocycles. The van der Waals surface area contributed by atoms with Crippen LogP contribution in [0.3, 0.4) is 0 Å². The van der Waals surface area contributed by atoms with Gasteiger partial charge in [-0.05, 0) is 37.1 Å². The number of ether oxygens (including phenoxy) is 7. The fourth-order valence-corrected chi connectivity index (χ4v) is 4.00. The van der Waals surface area contributed by atoms with Crippen LogP contribution in [0.4, 0.5) is 13.2 Å². The third-order valence-corrected chi connectivity index (χ3v) is 6.15. The van der Waals surface area contributed by atoms with Crippen LogP contribution in [0.1, 0.15) is 43.7 Å². The molecule has 0 saturated carbocycles. The summed E-state index contributed by atoms with van der Waals surface area (Å²) < 4.78 is 77.9. The molecule has 1 fully saturated rings. The highest BCUT2D eigenvalue weighted by Crippen LogP contribution is 2.32. The fraction of sp³-hybridized carbons (Fsp3) is 0.517. The molecule has 1 saturated heterocycles. The number of amides is 1. The van der Waals surface area contributed by atoms with Crippen LogP contribution in [0.15, 0.2) is 36.5 Å². The van der Waals surface area contributed by atoms with Crippen molar-refractivity contribution < 1.29 is 60.7 Å². The maximum atomic E-state index is 13.2. The summed E-state index contributed by atoms with van der Waals surface area (Å²) in [5.74, 6) is -2.13. The van der Waals surface area contributed by atoms with Gasteiger partial charge in [0.2, 0.25) is 6.79 Å². The Bertz CT molecular complexity index is 1270. The van der Waals surface area contributed by atoms with Crippen molar-refractivity contribution in [2.45, 2.75) is 58.2 Å². The van der Waals surface area contributed by atoms with Gasteiger partial charge >= 0.3 is 18.1 Å². The van der Waals surface area contributed by atoms with Crippen molar-refractivity contribution >= 4 is 17.8 Å². The molecular formula is C29H35F3N2O10. The average molecular weight is 629 g/mol. The number of nitrogens with zero attached hydrogens (tertiary/aromatic N) is 1. The third kappa shape index (κ3) is 9.71. The van der Waals surface area contributed by atoms with Gasteiger partial charge in [0, 0.05) is 25.8 Å². The summed E-state index contributed by atoms with van der Waals surface area (Å²) in [5.41, 5.74) is -1.11. The van der Waals surface area contributed by atoms with Crippen LogP contribution < -0.4 is 19.5 Å². The molecule has 0 bridgehead atoms. The predicted octanol–water partition coefficient (Wildman–Crippen LogP) is 3.56. The van der Waals surface area contributed by atoms with E-state index in [1.54, 1.807) is 0 Å². The lowest BCUT2D eigenvalue weighted by Gasteiger charge is -2.31. The second-order valence-corrected chi connectivity index (χ2v) is 10.2. The van der Waals surface area contributed by atoms with Crippen LogP contribution >= 0.6 is 0 Å². The highest BCUT2D eigenvalue weighted by Gasteiger charge is 2.38. The minimum Gasteiger partial charge on any atom is -0.493 e. The minimum atomic E-state index is -4.52. The molecule has 4 atom stereocenters. The van der Waals surface area contributed by atoms with Crippen molar-refractivity contribution in [1.29, 1.82) is 0 Å². The zero-order valence-corrected chi connectivity index (χ0v) is 24.8. The Balaban J connectivity index is 1.81. The Morgan fingerprint density at radius 1 is 1.14 bits per heavy atom. The number of hydrogen-bond donors (Lipinski definition) is 1. The first kappa shape index (κ1) is 34.4. The molecule has 1 aromatic heterocycles. The number of rotatable bonds is 11. The Morgan fingerprint density at radius 2 is 1.84 bits per heavy atom. The van der Waals surface area contributed by atoms with E-state index < -0.39 is 60.7 Å². The van der Waals surface area contributed by atoms with Crippen molar-refractivity contribution in [1.82, 2.24) is 10.3 Å². The third-order valence-electron chi connectivity index (χ3n) is 6.15. The molecule has 0 radical (unpaired) electrons. The first-order valence-corrected chi connectivity index (χ1v) is 13.6. The summed E-state index contributed by atoms with van der Waals surface area (Å²) in [7, 11) is 1.33. The summed E-state index contributed by atoms with van der Waals surface area (Å²) >= 11 is 0. The number of nitrogens with one attached hydrogen (secondary N) is 1. The van der Waals surface area contributed by atoms with Gasteiger partial charge in [0.1, 0.15) is 18.0 Å². The quantitative estimate of drug-likeness (QED) is 0.289. The maximum Gasteiger partial charge on any atom is 0.416 e. The van der Waals surface area contributed by atoms with E-state index in [1.165, 1.54) is 33.2 Å². The molecule has 242 valence electrons. The summed E-state index contributed by atoms with van der Waals surface area (Å²) in [5, 5.41) is 2.51. The van der Waals surface area contributed by atoms with Crippen molar-refractivity contribution in [3.63, 3.8) is 0 Å². The average Bonchev–Trinajstić information content (AvgIpc) is 3.00. The normalized spacial score (nSPS) is 20.9. The van der Waals surface area contributed by atoms with Crippen molar-refractivity contribution in [2.24, 2.45) is 5.92 Å². The van der Waals surface area contributed by atoms with Gasteiger partial charge in [-0.2, -0.15) is 13.2 Å². The van der Waals surface area contributed by atoms with Crippen LogP contribution in [0.25, 0.3) is 0 Å². The Kier molecular flexibility index (Phi) is 12.2. The van der Waals surface area contributed by atoms with Gasteiger partial charge in [-0.15, -0.1) is 0 Å². The molecule has 12 nitrogen and oxygen atoms in total. The van der Waals surface area contributed by atoms with Crippen LogP contribution in [0.2, 0.25) is 0 Å². The van der Waals surface area contributed by atoms with E-state index in [4.69, 9.17) is 33.2 Å². The number of halogens is 3. The molecule has 0 spiro atoms. The Morgan fingerprint density at radius 3 is 2.45 bits per heavy atom.